The lowest BCUT2D eigenvalue weighted by molar-refractivity contribution is 0.0725. The van der Waals surface area contributed by atoms with Crippen molar-refractivity contribution < 1.29 is 14.3 Å². The number of piperidine rings is 1. The van der Waals surface area contributed by atoms with Gasteiger partial charge in [-0.15, -0.1) is 0 Å². The summed E-state index contributed by atoms with van der Waals surface area (Å²) < 4.78 is 5.69. The predicted molar refractivity (Wildman–Crippen MR) is 111 cm³/mol. The molecule has 3 rings (SSSR count). The normalized spacial score (nSPS) is 13.8. The number of benzene rings is 2. The van der Waals surface area contributed by atoms with E-state index in [1.807, 2.05) is 23.1 Å². The molecule has 1 heterocycles. The van der Waals surface area contributed by atoms with Gasteiger partial charge in [0, 0.05) is 18.7 Å². The number of carbonyl (C=O) groups excluding carboxylic acids is 2. The Balaban J connectivity index is 1.72. The van der Waals surface area contributed by atoms with Gasteiger partial charge in [0.05, 0.1) is 17.9 Å². The predicted octanol–water partition coefficient (Wildman–Crippen LogP) is 4.74. The third-order valence-corrected chi connectivity index (χ3v) is 4.91. The van der Waals surface area contributed by atoms with Gasteiger partial charge in [-0.2, -0.15) is 0 Å². The van der Waals surface area contributed by atoms with Gasteiger partial charge < -0.3 is 15.0 Å². The second-order valence-electron chi connectivity index (χ2n) is 7.08. The van der Waals surface area contributed by atoms with Gasteiger partial charge in [0.25, 0.3) is 11.8 Å². The first-order valence-corrected chi connectivity index (χ1v) is 10.1. The Morgan fingerprint density at radius 2 is 1.82 bits per heavy atom. The van der Waals surface area contributed by atoms with Crippen molar-refractivity contribution in [1.82, 2.24) is 4.90 Å². The summed E-state index contributed by atoms with van der Waals surface area (Å²) in [5.41, 5.74) is 1.59. The van der Waals surface area contributed by atoms with Gasteiger partial charge in [-0.25, -0.2) is 0 Å². The van der Waals surface area contributed by atoms with Gasteiger partial charge in [-0.05, 0) is 56.0 Å². The summed E-state index contributed by atoms with van der Waals surface area (Å²) in [6.07, 6.45) is 5.26. The number of likely N-dealkylation sites (tertiary alicyclic amines) is 1. The highest BCUT2D eigenvalue weighted by Crippen LogP contribution is 2.21. The van der Waals surface area contributed by atoms with Gasteiger partial charge in [-0.3, -0.25) is 9.59 Å². The average molecular weight is 380 g/mol. The van der Waals surface area contributed by atoms with Gasteiger partial charge in [0.1, 0.15) is 5.75 Å². The number of rotatable bonds is 7. The maximum atomic E-state index is 12.9. The van der Waals surface area contributed by atoms with E-state index < -0.39 is 0 Å². The molecule has 0 saturated carbocycles. The summed E-state index contributed by atoms with van der Waals surface area (Å²) >= 11 is 0. The highest BCUT2D eigenvalue weighted by Gasteiger charge is 2.21. The number of amides is 2. The first-order chi connectivity index (χ1) is 13.7. The summed E-state index contributed by atoms with van der Waals surface area (Å²) in [7, 11) is 0. The van der Waals surface area contributed by atoms with Gasteiger partial charge in [-0.1, -0.05) is 31.5 Å². The van der Waals surface area contributed by atoms with Crippen molar-refractivity contribution in [3.8, 4) is 5.75 Å². The zero-order chi connectivity index (χ0) is 19.8. The summed E-state index contributed by atoms with van der Waals surface area (Å²) in [6, 6.07) is 14.3. The van der Waals surface area contributed by atoms with Crippen LogP contribution < -0.4 is 10.1 Å². The molecular weight excluding hydrogens is 352 g/mol. The molecule has 0 unspecified atom stereocenters. The Kier molecular flexibility index (Phi) is 7.06. The second kappa shape index (κ2) is 9.93. The summed E-state index contributed by atoms with van der Waals surface area (Å²) in [4.78, 5) is 27.5. The molecule has 28 heavy (non-hydrogen) atoms. The first-order valence-electron chi connectivity index (χ1n) is 10.1. The average Bonchev–Trinajstić information content (AvgIpc) is 2.75. The second-order valence-corrected chi connectivity index (χ2v) is 7.08. The minimum absolute atomic E-state index is 0.0211. The van der Waals surface area contributed by atoms with Crippen LogP contribution in [0.5, 0.6) is 5.75 Å². The number of carbonyl (C=O) groups is 2. The zero-order valence-electron chi connectivity index (χ0n) is 16.4. The smallest absolute Gasteiger partial charge is 0.255 e. The van der Waals surface area contributed by atoms with Crippen molar-refractivity contribution in [3.05, 3.63) is 59.7 Å². The van der Waals surface area contributed by atoms with Crippen LogP contribution in [0.4, 0.5) is 5.69 Å². The van der Waals surface area contributed by atoms with Crippen molar-refractivity contribution in [2.24, 2.45) is 0 Å². The fourth-order valence-corrected chi connectivity index (χ4v) is 3.30. The van der Waals surface area contributed by atoms with Crippen LogP contribution in [0.15, 0.2) is 48.5 Å². The van der Waals surface area contributed by atoms with Crippen LogP contribution in [0.25, 0.3) is 0 Å². The van der Waals surface area contributed by atoms with Crippen LogP contribution in [-0.4, -0.2) is 36.4 Å². The molecule has 1 saturated heterocycles. The van der Waals surface area contributed by atoms with Gasteiger partial charge in [0.15, 0.2) is 0 Å². The summed E-state index contributed by atoms with van der Waals surface area (Å²) in [5.74, 6) is 0.408. The number of para-hydroxylation sites is 1. The Morgan fingerprint density at radius 3 is 2.61 bits per heavy atom. The molecule has 0 aliphatic carbocycles. The molecule has 1 aliphatic heterocycles. The van der Waals surface area contributed by atoms with E-state index in [1.165, 1.54) is 6.42 Å². The van der Waals surface area contributed by atoms with Crippen LogP contribution in [-0.2, 0) is 0 Å². The maximum absolute atomic E-state index is 12.9. The van der Waals surface area contributed by atoms with Crippen molar-refractivity contribution in [2.45, 2.75) is 39.0 Å². The monoisotopic (exact) mass is 380 g/mol. The highest BCUT2D eigenvalue weighted by atomic mass is 16.5. The van der Waals surface area contributed by atoms with E-state index in [4.69, 9.17) is 4.74 Å². The molecule has 1 aliphatic rings. The number of anilines is 1. The topological polar surface area (TPSA) is 58.6 Å². The molecule has 2 aromatic rings. The lowest BCUT2D eigenvalue weighted by atomic mass is 10.1. The first kappa shape index (κ1) is 19.9. The van der Waals surface area contributed by atoms with E-state index in [0.29, 0.717) is 29.2 Å². The Labute approximate surface area is 166 Å². The van der Waals surface area contributed by atoms with Crippen LogP contribution in [0, 0.1) is 0 Å². The quantitative estimate of drug-likeness (QED) is 0.706. The van der Waals surface area contributed by atoms with Crippen molar-refractivity contribution in [3.63, 3.8) is 0 Å². The number of nitrogens with one attached hydrogen (secondary N) is 1. The number of nitrogens with zero attached hydrogens (tertiary/aromatic N) is 1. The lowest BCUT2D eigenvalue weighted by Gasteiger charge is -2.27. The molecule has 0 spiro atoms. The fourth-order valence-electron chi connectivity index (χ4n) is 3.30. The minimum Gasteiger partial charge on any atom is -0.494 e. The molecule has 0 atom stereocenters. The molecule has 0 radical (unpaired) electrons. The molecule has 2 aromatic carbocycles. The number of hydrogen-bond donors (Lipinski definition) is 1. The number of unbranched alkanes of at least 4 members (excludes halogenated alkanes) is 1. The third-order valence-electron chi connectivity index (χ3n) is 4.91. The summed E-state index contributed by atoms with van der Waals surface area (Å²) in [6.45, 7) is 4.29. The van der Waals surface area contributed by atoms with E-state index >= 15 is 0 Å². The van der Waals surface area contributed by atoms with Crippen LogP contribution >= 0.6 is 0 Å². The largest absolute Gasteiger partial charge is 0.494 e. The maximum Gasteiger partial charge on any atom is 0.255 e. The Morgan fingerprint density at radius 1 is 1.04 bits per heavy atom. The molecular formula is C23H28N2O3. The van der Waals surface area contributed by atoms with Crippen molar-refractivity contribution in [1.29, 1.82) is 0 Å². The van der Waals surface area contributed by atoms with E-state index in [2.05, 4.69) is 12.2 Å². The fraction of sp³-hybridized carbons (Fsp3) is 0.391. The Hall–Kier alpha value is -2.82. The molecule has 0 bridgehead atoms. The minimum atomic E-state index is -0.250. The number of ether oxygens (including phenoxy) is 1. The highest BCUT2D eigenvalue weighted by molar-refractivity contribution is 6.09. The lowest BCUT2D eigenvalue weighted by Crippen LogP contribution is -2.36. The zero-order valence-corrected chi connectivity index (χ0v) is 16.4. The molecule has 5 nitrogen and oxygen atoms in total. The molecule has 148 valence electrons. The van der Waals surface area contributed by atoms with Gasteiger partial charge in [0.2, 0.25) is 0 Å². The van der Waals surface area contributed by atoms with Crippen LogP contribution in [0.2, 0.25) is 0 Å². The van der Waals surface area contributed by atoms with Gasteiger partial charge >= 0.3 is 0 Å². The standard InChI is InChI=1S/C23H28N2O3/c1-2-3-16-28-19-11-9-10-18(17-19)22(26)24-21-13-6-5-12-20(21)23(27)25-14-7-4-8-15-25/h5-6,9-13,17H,2-4,7-8,14-16H2,1H3,(H,24,26). The van der Waals surface area contributed by atoms with Crippen molar-refractivity contribution in [2.75, 3.05) is 25.0 Å². The van der Waals surface area contributed by atoms with E-state index in [9.17, 15) is 9.59 Å². The van der Waals surface area contributed by atoms with Crippen LogP contribution in [0.3, 0.4) is 0 Å². The van der Waals surface area contributed by atoms with Crippen molar-refractivity contribution >= 4 is 17.5 Å². The molecule has 2 amide bonds. The third kappa shape index (κ3) is 5.12. The van der Waals surface area contributed by atoms with Crippen LogP contribution in [0.1, 0.15) is 59.7 Å². The van der Waals surface area contributed by atoms with E-state index in [1.54, 1.807) is 30.3 Å². The SMILES string of the molecule is CCCCOc1cccc(C(=O)Nc2ccccc2C(=O)N2CCCCC2)c1. The molecule has 1 fully saturated rings. The van der Waals surface area contributed by atoms with E-state index in [0.717, 1.165) is 38.8 Å². The molecule has 1 N–H and O–H groups in total. The number of hydrogen-bond acceptors (Lipinski definition) is 3. The molecule has 0 aromatic heterocycles. The molecule has 5 heteroatoms. The summed E-state index contributed by atoms with van der Waals surface area (Å²) in [5, 5.41) is 2.90. The van der Waals surface area contributed by atoms with E-state index in [-0.39, 0.29) is 11.8 Å². The Bertz CT molecular complexity index is 813.